The molecule has 1 fully saturated rings. The van der Waals surface area contributed by atoms with Crippen molar-refractivity contribution >= 4 is 21.7 Å². The van der Waals surface area contributed by atoms with Crippen LogP contribution in [0.2, 0.25) is 0 Å². The molecule has 0 aromatic heterocycles. The van der Waals surface area contributed by atoms with E-state index >= 15 is 0 Å². The van der Waals surface area contributed by atoms with Crippen molar-refractivity contribution < 1.29 is 17.6 Å². The number of aliphatic imine (C=N–C) groups is 1. The summed E-state index contributed by atoms with van der Waals surface area (Å²) < 4.78 is 36.9. The third-order valence-corrected chi connectivity index (χ3v) is 5.56. The first-order valence-electron chi connectivity index (χ1n) is 10.0. The lowest BCUT2D eigenvalue weighted by Gasteiger charge is -2.23. The summed E-state index contributed by atoms with van der Waals surface area (Å²) in [6, 6.07) is 4.25. The van der Waals surface area contributed by atoms with Crippen LogP contribution in [0.25, 0.3) is 0 Å². The van der Waals surface area contributed by atoms with Crippen molar-refractivity contribution in [2.45, 2.75) is 57.4 Å². The van der Waals surface area contributed by atoms with Gasteiger partial charge in [0.25, 0.3) is 0 Å². The Hall–Kier alpha value is -2.16. The van der Waals surface area contributed by atoms with E-state index in [1.54, 1.807) is 0 Å². The van der Waals surface area contributed by atoms with Crippen molar-refractivity contribution in [1.82, 2.24) is 16.0 Å². The molecule has 1 aromatic rings. The average molecular weight is 427 g/mol. The van der Waals surface area contributed by atoms with Crippen molar-refractivity contribution in [1.29, 1.82) is 0 Å². The highest BCUT2D eigenvalue weighted by molar-refractivity contribution is 7.89. The molecule has 0 atom stereocenters. The SMILES string of the molecule is CCNC(=NCc1cc(F)ccc1CS(C)(=O)=O)NCC(=O)NC1CCCCC1. The van der Waals surface area contributed by atoms with Gasteiger partial charge in [-0.05, 0) is 43.0 Å². The summed E-state index contributed by atoms with van der Waals surface area (Å²) in [7, 11) is -3.25. The molecule has 1 amide bonds. The zero-order valence-electron chi connectivity index (χ0n) is 17.1. The molecule has 9 heteroatoms. The maximum absolute atomic E-state index is 13.6. The van der Waals surface area contributed by atoms with Crippen LogP contribution < -0.4 is 16.0 Å². The highest BCUT2D eigenvalue weighted by atomic mass is 32.2. The number of guanidine groups is 1. The number of benzene rings is 1. The number of carbonyl (C=O) groups is 1. The fourth-order valence-corrected chi connectivity index (χ4v) is 4.21. The predicted octanol–water partition coefficient (Wildman–Crippen LogP) is 1.87. The van der Waals surface area contributed by atoms with Crippen LogP contribution >= 0.6 is 0 Å². The van der Waals surface area contributed by atoms with Gasteiger partial charge in [-0.2, -0.15) is 0 Å². The molecule has 0 radical (unpaired) electrons. The lowest BCUT2D eigenvalue weighted by atomic mass is 9.95. The van der Waals surface area contributed by atoms with Crippen LogP contribution in [-0.2, 0) is 26.9 Å². The number of sulfone groups is 1. The van der Waals surface area contributed by atoms with Crippen LogP contribution in [0.3, 0.4) is 0 Å². The average Bonchev–Trinajstić information content (AvgIpc) is 2.65. The van der Waals surface area contributed by atoms with Gasteiger partial charge in [-0.15, -0.1) is 0 Å². The number of nitrogens with zero attached hydrogens (tertiary/aromatic N) is 1. The zero-order valence-corrected chi connectivity index (χ0v) is 17.9. The summed E-state index contributed by atoms with van der Waals surface area (Å²) in [5, 5.41) is 9.05. The van der Waals surface area contributed by atoms with Crippen LogP contribution in [0, 0.1) is 5.82 Å². The molecule has 0 aliphatic heterocycles. The summed E-state index contributed by atoms with van der Waals surface area (Å²) in [6.07, 6.45) is 6.69. The number of halogens is 1. The van der Waals surface area contributed by atoms with Gasteiger partial charge in [-0.3, -0.25) is 4.79 Å². The second-order valence-corrected chi connectivity index (χ2v) is 9.57. The Balaban J connectivity index is 1.99. The van der Waals surface area contributed by atoms with E-state index in [2.05, 4.69) is 20.9 Å². The van der Waals surface area contributed by atoms with Crippen molar-refractivity contribution in [3.63, 3.8) is 0 Å². The van der Waals surface area contributed by atoms with Gasteiger partial charge in [-0.1, -0.05) is 25.3 Å². The fourth-order valence-electron chi connectivity index (χ4n) is 3.36. The van der Waals surface area contributed by atoms with Crippen molar-refractivity contribution in [2.24, 2.45) is 4.99 Å². The van der Waals surface area contributed by atoms with Gasteiger partial charge in [0, 0.05) is 18.8 Å². The van der Waals surface area contributed by atoms with E-state index in [9.17, 15) is 17.6 Å². The molecular formula is C20H31FN4O3S. The van der Waals surface area contributed by atoms with Gasteiger partial charge in [0.05, 0.1) is 18.8 Å². The van der Waals surface area contributed by atoms with E-state index in [0.29, 0.717) is 23.6 Å². The largest absolute Gasteiger partial charge is 0.357 e. The molecule has 3 N–H and O–H groups in total. The molecule has 0 unspecified atom stereocenters. The number of nitrogens with one attached hydrogen (secondary N) is 3. The Morgan fingerprint density at radius 1 is 1.17 bits per heavy atom. The lowest BCUT2D eigenvalue weighted by Crippen LogP contribution is -2.46. The summed E-state index contributed by atoms with van der Waals surface area (Å²) >= 11 is 0. The second kappa shape index (κ2) is 11.1. The number of carbonyl (C=O) groups excluding carboxylic acids is 1. The van der Waals surface area contributed by atoms with Gasteiger partial charge < -0.3 is 16.0 Å². The Labute approximate surface area is 172 Å². The third-order valence-electron chi connectivity index (χ3n) is 4.72. The Kier molecular flexibility index (Phi) is 8.88. The smallest absolute Gasteiger partial charge is 0.239 e. The Morgan fingerprint density at radius 3 is 2.55 bits per heavy atom. The quantitative estimate of drug-likeness (QED) is 0.435. The van der Waals surface area contributed by atoms with Crippen LogP contribution in [0.1, 0.15) is 50.2 Å². The summed E-state index contributed by atoms with van der Waals surface area (Å²) in [4.78, 5) is 16.6. The van der Waals surface area contributed by atoms with E-state index < -0.39 is 15.7 Å². The van der Waals surface area contributed by atoms with Crippen LogP contribution in [-0.4, -0.2) is 45.7 Å². The van der Waals surface area contributed by atoms with Crippen molar-refractivity contribution in [3.05, 3.63) is 35.1 Å². The minimum atomic E-state index is -3.25. The monoisotopic (exact) mass is 426 g/mol. The normalized spacial score (nSPS) is 15.8. The molecule has 1 aliphatic carbocycles. The molecule has 1 saturated carbocycles. The van der Waals surface area contributed by atoms with Crippen molar-refractivity contribution in [3.8, 4) is 0 Å². The minimum Gasteiger partial charge on any atom is -0.357 e. The minimum absolute atomic E-state index is 0.0850. The van der Waals surface area contributed by atoms with Gasteiger partial charge in [-0.25, -0.2) is 17.8 Å². The molecule has 1 aliphatic rings. The lowest BCUT2D eigenvalue weighted by molar-refractivity contribution is -0.120. The van der Waals surface area contributed by atoms with Crippen LogP contribution in [0.5, 0.6) is 0 Å². The first-order chi connectivity index (χ1) is 13.8. The maximum Gasteiger partial charge on any atom is 0.239 e. The van der Waals surface area contributed by atoms with Gasteiger partial charge in [0.2, 0.25) is 5.91 Å². The van der Waals surface area contributed by atoms with E-state index in [4.69, 9.17) is 0 Å². The summed E-state index contributed by atoms with van der Waals surface area (Å²) in [5.41, 5.74) is 1.02. The third kappa shape index (κ3) is 8.81. The molecule has 0 bridgehead atoms. The van der Waals surface area contributed by atoms with Gasteiger partial charge in [0.1, 0.15) is 5.82 Å². The van der Waals surface area contributed by atoms with Gasteiger partial charge >= 0.3 is 0 Å². The molecule has 162 valence electrons. The molecule has 29 heavy (non-hydrogen) atoms. The number of hydrogen-bond acceptors (Lipinski definition) is 4. The highest BCUT2D eigenvalue weighted by Crippen LogP contribution is 2.17. The standard InChI is InChI=1S/C20H31FN4O3S/c1-3-22-20(24-13-19(26)25-18-7-5-4-6-8-18)23-12-16-11-17(21)10-9-15(16)14-29(2,27)28/h9-11,18H,3-8,12-14H2,1-2H3,(H,25,26)(H2,22,23,24). The molecule has 0 heterocycles. The van der Waals surface area contributed by atoms with Gasteiger partial charge in [0.15, 0.2) is 15.8 Å². The highest BCUT2D eigenvalue weighted by Gasteiger charge is 2.16. The Bertz CT molecular complexity index is 821. The molecular weight excluding hydrogens is 395 g/mol. The molecule has 0 saturated heterocycles. The van der Waals surface area contributed by atoms with E-state index in [1.165, 1.54) is 24.6 Å². The first-order valence-corrected chi connectivity index (χ1v) is 12.1. The summed E-state index contributed by atoms with van der Waals surface area (Å²) in [6.45, 7) is 2.68. The molecule has 2 rings (SSSR count). The molecule has 1 aromatic carbocycles. The zero-order chi connectivity index (χ0) is 21.3. The Morgan fingerprint density at radius 2 is 1.90 bits per heavy atom. The van der Waals surface area contributed by atoms with E-state index in [-0.39, 0.29) is 30.8 Å². The number of amides is 1. The fraction of sp³-hybridized carbons (Fsp3) is 0.600. The van der Waals surface area contributed by atoms with Crippen molar-refractivity contribution in [2.75, 3.05) is 19.3 Å². The maximum atomic E-state index is 13.6. The predicted molar refractivity (Wildman–Crippen MR) is 113 cm³/mol. The number of hydrogen-bond donors (Lipinski definition) is 3. The van der Waals surface area contributed by atoms with Crippen LogP contribution in [0.15, 0.2) is 23.2 Å². The molecule has 0 spiro atoms. The van der Waals surface area contributed by atoms with Crippen LogP contribution in [0.4, 0.5) is 4.39 Å². The topological polar surface area (TPSA) is 99.7 Å². The first kappa shape index (κ1) is 23.1. The molecule has 7 nitrogen and oxygen atoms in total. The van der Waals surface area contributed by atoms with E-state index in [0.717, 1.165) is 31.9 Å². The number of rotatable bonds is 8. The van der Waals surface area contributed by atoms with E-state index in [1.807, 2.05) is 6.92 Å². The summed E-state index contributed by atoms with van der Waals surface area (Å²) in [5.74, 6) is -0.296. The second-order valence-electron chi connectivity index (χ2n) is 7.43.